The highest BCUT2D eigenvalue weighted by atomic mass is 35.5. The van der Waals surface area contributed by atoms with Crippen LogP contribution in [0, 0.1) is 11.8 Å². The van der Waals surface area contributed by atoms with Gasteiger partial charge in [0.05, 0.1) is 0 Å². The Morgan fingerprint density at radius 1 is 1.46 bits per heavy atom. The van der Waals surface area contributed by atoms with E-state index in [1.165, 1.54) is 12.8 Å². The molecule has 0 aliphatic carbocycles. The second-order valence-corrected chi connectivity index (χ2v) is 4.66. The van der Waals surface area contributed by atoms with Crippen LogP contribution in [0.2, 0.25) is 0 Å². The Morgan fingerprint density at radius 2 is 2.23 bits per heavy atom. The molecule has 1 N–H and O–H groups in total. The molecule has 1 aliphatic heterocycles. The standard InChI is InChI=1S/C10H17Cl2N/c1-2-8-7-13-6-5-9(8)3-4-10(11)12/h4,8-9,13H,2-3,5-7H2,1H3/t8-,9+/m1/s1. The first kappa shape index (κ1) is 11.4. The van der Waals surface area contributed by atoms with Gasteiger partial charge >= 0.3 is 0 Å². The fourth-order valence-corrected chi connectivity index (χ4v) is 2.18. The third-order valence-corrected chi connectivity index (χ3v) is 3.17. The molecule has 1 nitrogen and oxygen atoms in total. The van der Waals surface area contributed by atoms with Crippen molar-refractivity contribution >= 4 is 23.2 Å². The molecule has 1 aliphatic rings. The Morgan fingerprint density at radius 3 is 2.85 bits per heavy atom. The van der Waals surface area contributed by atoms with Crippen LogP contribution in [0.25, 0.3) is 0 Å². The van der Waals surface area contributed by atoms with Crippen molar-refractivity contribution in [3.8, 4) is 0 Å². The predicted molar refractivity (Wildman–Crippen MR) is 59.2 cm³/mol. The van der Waals surface area contributed by atoms with Crippen molar-refractivity contribution in [2.75, 3.05) is 13.1 Å². The van der Waals surface area contributed by atoms with Gasteiger partial charge in [-0.2, -0.15) is 0 Å². The van der Waals surface area contributed by atoms with E-state index in [-0.39, 0.29) is 0 Å². The summed E-state index contributed by atoms with van der Waals surface area (Å²) in [4.78, 5) is 0. The highest BCUT2D eigenvalue weighted by Crippen LogP contribution is 2.26. The summed E-state index contributed by atoms with van der Waals surface area (Å²) in [7, 11) is 0. The molecule has 0 radical (unpaired) electrons. The molecule has 2 atom stereocenters. The van der Waals surface area contributed by atoms with Crippen LogP contribution in [-0.2, 0) is 0 Å². The maximum Gasteiger partial charge on any atom is 0.102 e. The summed E-state index contributed by atoms with van der Waals surface area (Å²) in [5.74, 6) is 1.55. The van der Waals surface area contributed by atoms with Crippen molar-refractivity contribution in [2.24, 2.45) is 11.8 Å². The molecule has 0 bridgehead atoms. The van der Waals surface area contributed by atoms with Crippen LogP contribution in [0.4, 0.5) is 0 Å². The first-order valence-corrected chi connectivity index (χ1v) is 5.71. The lowest BCUT2D eigenvalue weighted by atomic mass is 9.82. The van der Waals surface area contributed by atoms with Crippen LogP contribution in [0.1, 0.15) is 26.2 Å². The fraction of sp³-hybridized carbons (Fsp3) is 0.800. The Labute approximate surface area is 90.5 Å². The first-order valence-electron chi connectivity index (χ1n) is 4.96. The topological polar surface area (TPSA) is 12.0 Å². The number of nitrogens with one attached hydrogen (secondary N) is 1. The number of hydrogen-bond acceptors (Lipinski definition) is 1. The molecular formula is C10H17Cl2N. The monoisotopic (exact) mass is 221 g/mol. The van der Waals surface area contributed by atoms with Crippen LogP contribution in [0.5, 0.6) is 0 Å². The van der Waals surface area contributed by atoms with Gasteiger partial charge in [-0.25, -0.2) is 0 Å². The predicted octanol–water partition coefficient (Wildman–Crippen LogP) is 3.33. The highest BCUT2D eigenvalue weighted by Gasteiger charge is 2.22. The third kappa shape index (κ3) is 3.88. The summed E-state index contributed by atoms with van der Waals surface area (Å²) in [5, 5.41) is 3.42. The summed E-state index contributed by atoms with van der Waals surface area (Å²) in [6.45, 7) is 4.53. The second-order valence-electron chi connectivity index (χ2n) is 3.65. The molecule has 0 unspecified atom stereocenters. The molecule has 0 aromatic carbocycles. The Hall–Kier alpha value is 0.280. The van der Waals surface area contributed by atoms with Crippen molar-refractivity contribution < 1.29 is 0 Å². The third-order valence-electron chi connectivity index (χ3n) is 2.86. The molecule has 1 heterocycles. The zero-order valence-corrected chi connectivity index (χ0v) is 9.54. The average Bonchev–Trinajstić information content (AvgIpc) is 2.15. The van der Waals surface area contributed by atoms with E-state index in [0.717, 1.165) is 31.3 Å². The lowest BCUT2D eigenvalue weighted by Crippen LogP contribution is -2.36. The summed E-state index contributed by atoms with van der Waals surface area (Å²) in [6.07, 6.45) is 5.45. The summed E-state index contributed by atoms with van der Waals surface area (Å²) >= 11 is 11.2. The van der Waals surface area contributed by atoms with Gasteiger partial charge in [0.25, 0.3) is 0 Å². The van der Waals surface area contributed by atoms with E-state index in [9.17, 15) is 0 Å². The van der Waals surface area contributed by atoms with Gasteiger partial charge in [-0.05, 0) is 37.8 Å². The molecule has 13 heavy (non-hydrogen) atoms. The zero-order valence-electron chi connectivity index (χ0n) is 8.02. The van der Waals surface area contributed by atoms with Crippen LogP contribution in [0.3, 0.4) is 0 Å². The van der Waals surface area contributed by atoms with Crippen molar-refractivity contribution in [1.82, 2.24) is 5.32 Å². The summed E-state index contributed by atoms with van der Waals surface area (Å²) < 4.78 is 0.411. The van der Waals surface area contributed by atoms with E-state index < -0.39 is 0 Å². The van der Waals surface area contributed by atoms with Crippen LogP contribution >= 0.6 is 23.2 Å². The smallest absolute Gasteiger partial charge is 0.102 e. The minimum absolute atomic E-state index is 0.411. The van der Waals surface area contributed by atoms with Crippen LogP contribution in [-0.4, -0.2) is 13.1 Å². The normalized spacial score (nSPS) is 28.5. The molecule has 0 amide bonds. The van der Waals surface area contributed by atoms with E-state index in [0.29, 0.717) is 4.49 Å². The Bertz CT molecular complexity index is 176. The quantitative estimate of drug-likeness (QED) is 0.772. The number of hydrogen-bond donors (Lipinski definition) is 1. The van der Waals surface area contributed by atoms with E-state index in [4.69, 9.17) is 23.2 Å². The van der Waals surface area contributed by atoms with E-state index >= 15 is 0 Å². The Balaban J connectivity index is 2.40. The second kappa shape index (κ2) is 5.90. The molecule has 76 valence electrons. The highest BCUT2D eigenvalue weighted by molar-refractivity contribution is 6.55. The largest absolute Gasteiger partial charge is 0.316 e. The number of piperidine rings is 1. The molecule has 3 heteroatoms. The minimum Gasteiger partial charge on any atom is -0.316 e. The van der Waals surface area contributed by atoms with Gasteiger partial charge in [-0.15, -0.1) is 0 Å². The van der Waals surface area contributed by atoms with Gasteiger partial charge < -0.3 is 5.32 Å². The van der Waals surface area contributed by atoms with Gasteiger partial charge in [0.2, 0.25) is 0 Å². The molecule has 1 fully saturated rings. The minimum atomic E-state index is 0.411. The van der Waals surface area contributed by atoms with E-state index in [1.807, 2.05) is 6.08 Å². The van der Waals surface area contributed by atoms with Gasteiger partial charge in [-0.3, -0.25) is 0 Å². The van der Waals surface area contributed by atoms with Gasteiger partial charge in [0.15, 0.2) is 0 Å². The van der Waals surface area contributed by atoms with Gasteiger partial charge in [0, 0.05) is 0 Å². The molecule has 0 saturated carbocycles. The molecule has 1 rings (SSSR count). The van der Waals surface area contributed by atoms with Crippen molar-refractivity contribution in [3.05, 3.63) is 10.6 Å². The number of rotatable bonds is 3. The van der Waals surface area contributed by atoms with Gasteiger partial charge in [-0.1, -0.05) is 42.6 Å². The fourth-order valence-electron chi connectivity index (χ4n) is 2.01. The molecular weight excluding hydrogens is 205 g/mol. The lowest BCUT2D eigenvalue weighted by molar-refractivity contribution is 0.249. The van der Waals surface area contributed by atoms with Crippen molar-refractivity contribution in [2.45, 2.75) is 26.2 Å². The average molecular weight is 222 g/mol. The van der Waals surface area contributed by atoms with Crippen molar-refractivity contribution in [1.29, 1.82) is 0 Å². The maximum atomic E-state index is 5.60. The maximum absolute atomic E-state index is 5.60. The van der Waals surface area contributed by atoms with Crippen molar-refractivity contribution in [3.63, 3.8) is 0 Å². The number of allylic oxidation sites excluding steroid dienone is 1. The molecule has 1 saturated heterocycles. The Kier molecular flexibility index (Phi) is 5.15. The molecule has 0 aromatic heterocycles. The SMILES string of the molecule is CC[C@@H]1CNCC[C@@H]1CC=C(Cl)Cl. The zero-order chi connectivity index (χ0) is 9.68. The number of halogens is 2. The lowest BCUT2D eigenvalue weighted by Gasteiger charge is -2.30. The first-order chi connectivity index (χ1) is 6.24. The van der Waals surface area contributed by atoms with Crippen LogP contribution in [0.15, 0.2) is 10.6 Å². The summed E-state index contributed by atoms with van der Waals surface area (Å²) in [6, 6.07) is 0. The van der Waals surface area contributed by atoms with E-state index in [1.54, 1.807) is 0 Å². The van der Waals surface area contributed by atoms with E-state index in [2.05, 4.69) is 12.2 Å². The molecule has 0 aromatic rings. The van der Waals surface area contributed by atoms with Crippen LogP contribution < -0.4 is 5.32 Å². The van der Waals surface area contributed by atoms with Gasteiger partial charge in [0.1, 0.15) is 4.49 Å². The summed E-state index contributed by atoms with van der Waals surface area (Å²) in [5.41, 5.74) is 0. The molecule has 0 spiro atoms.